The van der Waals surface area contributed by atoms with Gasteiger partial charge in [-0.3, -0.25) is 4.79 Å². The molecule has 0 aliphatic carbocycles. The van der Waals surface area contributed by atoms with E-state index in [1.54, 1.807) is 6.07 Å². The zero-order valence-electron chi connectivity index (χ0n) is 10.7. The number of ketones is 1. The molecule has 94 valence electrons. The number of carbonyl (C=O) groups excluding carboxylic acids is 1. The highest BCUT2D eigenvalue weighted by Crippen LogP contribution is 2.20. The summed E-state index contributed by atoms with van der Waals surface area (Å²) in [4.78, 5) is 11.7. The van der Waals surface area contributed by atoms with Crippen LogP contribution in [-0.4, -0.2) is 25.1 Å². The van der Waals surface area contributed by atoms with Gasteiger partial charge in [0, 0.05) is 13.0 Å². The Hall–Kier alpha value is -1.35. The number of para-hydroxylation sites is 1. The monoisotopic (exact) mass is 236 g/mol. The van der Waals surface area contributed by atoms with Gasteiger partial charge in [0.05, 0.1) is 12.2 Å². The molecule has 1 aromatic carbocycles. The average molecular weight is 236 g/mol. The standard InChI is InChI=1S/C14H20O3/c1-4-13(15)12-8-6-7-9-14(12)17-11(3)10-16-5-2/h6-9,11H,4-5,10H2,1-3H3. The summed E-state index contributed by atoms with van der Waals surface area (Å²) in [5.74, 6) is 0.746. The maximum Gasteiger partial charge on any atom is 0.166 e. The SMILES string of the molecule is CCOCC(C)Oc1ccccc1C(=O)CC. The molecule has 1 aromatic rings. The van der Waals surface area contributed by atoms with Crippen molar-refractivity contribution in [3.8, 4) is 5.75 Å². The first kappa shape index (κ1) is 13.7. The van der Waals surface area contributed by atoms with Crippen molar-refractivity contribution in [2.45, 2.75) is 33.3 Å². The molecule has 1 unspecified atom stereocenters. The second-order valence-electron chi connectivity index (χ2n) is 3.86. The molecule has 0 saturated carbocycles. The Morgan fingerprint density at radius 1 is 1.29 bits per heavy atom. The molecule has 0 bridgehead atoms. The van der Waals surface area contributed by atoms with Crippen molar-refractivity contribution in [2.75, 3.05) is 13.2 Å². The third kappa shape index (κ3) is 4.19. The first-order chi connectivity index (χ1) is 8.19. The Bertz CT molecular complexity index is 360. The van der Waals surface area contributed by atoms with E-state index >= 15 is 0 Å². The van der Waals surface area contributed by atoms with E-state index in [-0.39, 0.29) is 11.9 Å². The Morgan fingerprint density at radius 2 is 2.00 bits per heavy atom. The van der Waals surface area contributed by atoms with Crippen molar-refractivity contribution in [1.29, 1.82) is 0 Å². The lowest BCUT2D eigenvalue weighted by atomic mass is 10.1. The molecule has 0 fully saturated rings. The third-order valence-corrected chi connectivity index (χ3v) is 2.39. The van der Waals surface area contributed by atoms with E-state index in [1.807, 2.05) is 39.0 Å². The summed E-state index contributed by atoms with van der Waals surface area (Å²) >= 11 is 0. The van der Waals surface area contributed by atoms with Crippen LogP contribution in [0.15, 0.2) is 24.3 Å². The van der Waals surface area contributed by atoms with E-state index in [0.29, 0.717) is 30.9 Å². The molecule has 0 amide bonds. The van der Waals surface area contributed by atoms with Gasteiger partial charge in [-0.1, -0.05) is 19.1 Å². The summed E-state index contributed by atoms with van der Waals surface area (Å²) in [7, 11) is 0. The van der Waals surface area contributed by atoms with Gasteiger partial charge in [0.15, 0.2) is 5.78 Å². The van der Waals surface area contributed by atoms with Gasteiger partial charge in [-0.05, 0) is 26.0 Å². The molecular formula is C14H20O3. The Balaban J connectivity index is 2.73. The van der Waals surface area contributed by atoms with E-state index in [2.05, 4.69) is 0 Å². The smallest absolute Gasteiger partial charge is 0.166 e. The molecule has 0 radical (unpaired) electrons. The molecule has 3 heteroatoms. The van der Waals surface area contributed by atoms with Crippen LogP contribution in [0.25, 0.3) is 0 Å². The van der Waals surface area contributed by atoms with Crippen molar-refractivity contribution in [1.82, 2.24) is 0 Å². The molecule has 1 atom stereocenters. The zero-order valence-corrected chi connectivity index (χ0v) is 10.7. The fraction of sp³-hybridized carbons (Fsp3) is 0.500. The van der Waals surface area contributed by atoms with Crippen LogP contribution < -0.4 is 4.74 Å². The molecule has 0 aliphatic rings. The first-order valence-corrected chi connectivity index (χ1v) is 6.05. The van der Waals surface area contributed by atoms with Crippen LogP contribution in [0.1, 0.15) is 37.6 Å². The highest BCUT2D eigenvalue weighted by atomic mass is 16.5. The second-order valence-corrected chi connectivity index (χ2v) is 3.86. The summed E-state index contributed by atoms with van der Waals surface area (Å²) in [6.45, 7) is 6.93. The largest absolute Gasteiger partial charge is 0.488 e. The van der Waals surface area contributed by atoms with Crippen LogP contribution in [0.3, 0.4) is 0 Å². The van der Waals surface area contributed by atoms with Crippen molar-refractivity contribution in [3.63, 3.8) is 0 Å². The van der Waals surface area contributed by atoms with Crippen molar-refractivity contribution < 1.29 is 14.3 Å². The Morgan fingerprint density at radius 3 is 2.65 bits per heavy atom. The normalized spacial score (nSPS) is 12.2. The summed E-state index contributed by atoms with van der Waals surface area (Å²) in [6, 6.07) is 7.35. The summed E-state index contributed by atoms with van der Waals surface area (Å²) < 4.78 is 11.0. The van der Waals surface area contributed by atoms with E-state index in [4.69, 9.17) is 9.47 Å². The van der Waals surface area contributed by atoms with Crippen LogP contribution in [0.4, 0.5) is 0 Å². The molecule has 17 heavy (non-hydrogen) atoms. The van der Waals surface area contributed by atoms with Gasteiger partial charge in [0.2, 0.25) is 0 Å². The molecular weight excluding hydrogens is 216 g/mol. The fourth-order valence-electron chi connectivity index (χ4n) is 1.52. The molecule has 0 saturated heterocycles. The number of carbonyl (C=O) groups is 1. The number of benzene rings is 1. The van der Waals surface area contributed by atoms with Gasteiger partial charge in [-0.15, -0.1) is 0 Å². The van der Waals surface area contributed by atoms with Crippen molar-refractivity contribution >= 4 is 5.78 Å². The van der Waals surface area contributed by atoms with Crippen LogP contribution in [0.5, 0.6) is 5.75 Å². The lowest BCUT2D eigenvalue weighted by Gasteiger charge is -2.16. The summed E-state index contributed by atoms with van der Waals surface area (Å²) in [5.41, 5.74) is 0.651. The highest BCUT2D eigenvalue weighted by Gasteiger charge is 2.12. The number of rotatable bonds is 7. The van der Waals surface area contributed by atoms with Gasteiger partial charge < -0.3 is 9.47 Å². The molecule has 0 spiro atoms. The maximum atomic E-state index is 11.7. The molecule has 0 heterocycles. The first-order valence-electron chi connectivity index (χ1n) is 6.05. The summed E-state index contributed by atoms with van der Waals surface area (Å²) in [5, 5.41) is 0. The van der Waals surface area contributed by atoms with Gasteiger partial charge in [-0.25, -0.2) is 0 Å². The van der Waals surface area contributed by atoms with Crippen LogP contribution in [0.2, 0.25) is 0 Å². The number of hydrogen-bond acceptors (Lipinski definition) is 3. The van der Waals surface area contributed by atoms with Gasteiger partial charge in [-0.2, -0.15) is 0 Å². The summed E-state index contributed by atoms with van der Waals surface area (Å²) in [6.07, 6.45) is 0.431. The third-order valence-electron chi connectivity index (χ3n) is 2.39. The lowest BCUT2D eigenvalue weighted by molar-refractivity contribution is 0.0647. The minimum atomic E-state index is -0.0549. The van der Waals surface area contributed by atoms with Gasteiger partial charge in [0.1, 0.15) is 11.9 Å². The van der Waals surface area contributed by atoms with E-state index in [1.165, 1.54) is 0 Å². The predicted octanol–water partition coefficient (Wildman–Crippen LogP) is 3.08. The van der Waals surface area contributed by atoms with Crippen molar-refractivity contribution in [2.24, 2.45) is 0 Å². The molecule has 1 rings (SSSR count). The van der Waals surface area contributed by atoms with Gasteiger partial charge in [0.25, 0.3) is 0 Å². The highest BCUT2D eigenvalue weighted by molar-refractivity contribution is 5.98. The Kier molecular flexibility index (Phi) is 5.70. The molecule has 0 aromatic heterocycles. The Labute approximate surface area is 103 Å². The molecule has 0 N–H and O–H groups in total. The van der Waals surface area contributed by atoms with Crippen molar-refractivity contribution in [3.05, 3.63) is 29.8 Å². The van der Waals surface area contributed by atoms with Crippen LogP contribution >= 0.6 is 0 Å². The number of Topliss-reactive ketones (excluding diaryl/α,β-unsaturated/α-hetero) is 1. The fourth-order valence-corrected chi connectivity index (χ4v) is 1.52. The van der Waals surface area contributed by atoms with E-state index in [0.717, 1.165) is 0 Å². The second kappa shape index (κ2) is 7.07. The molecule has 0 aliphatic heterocycles. The minimum Gasteiger partial charge on any atom is -0.488 e. The van der Waals surface area contributed by atoms with E-state index in [9.17, 15) is 4.79 Å². The average Bonchev–Trinajstić information content (AvgIpc) is 2.36. The van der Waals surface area contributed by atoms with Gasteiger partial charge >= 0.3 is 0 Å². The quantitative estimate of drug-likeness (QED) is 0.682. The van der Waals surface area contributed by atoms with Crippen LogP contribution in [0, 0.1) is 0 Å². The lowest BCUT2D eigenvalue weighted by Crippen LogP contribution is -2.20. The predicted molar refractivity (Wildman–Crippen MR) is 67.6 cm³/mol. The van der Waals surface area contributed by atoms with E-state index < -0.39 is 0 Å². The zero-order chi connectivity index (χ0) is 12.7. The number of ether oxygens (including phenoxy) is 2. The molecule has 3 nitrogen and oxygen atoms in total. The topological polar surface area (TPSA) is 35.5 Å². The van der Waals surface area contributed by atoms with Crippen LogP contribution in [-0.2, 0) is 4.74 Å². The number of hydrogen-bond donors (Lipinski definition) is 0. The minimum absolute atomic E-state index is 0.0549. The maximum absolute atomic E-state index is 11.7.